The fraction of sp³-hybridized carbons (Fsp3) is 0.909. The van der Waals surface area contributed by atoms with Gasteiger partial charge in [0.25, 0.3) is 0 Å². The SMILES string of the molecule is CC(C)NC(=O)NC(C)C1CCCC1. The normalized spacial score (nSPS) is 19.7. The van der Waals surface area contributed by atoms with E-state index < -0.39 is 0 Å². The van der Waals surface area contributed by atoms with Crippen molar-refractivity contribution < 1.29 is 4.79 Å². The molecule has 1 unspecified atom stereocenters. The van der Waals surface area contributed by atoms with Crippen LogP contribution in [-0.2, 0) is 0 Å². The highest BCUT2D eigenvalue weighted by molar-refractivity contribution is 5.74. The van der Waals surface area contributed by atoms with Crippen LogP contribution in [0.2, 0.25) is 0 Å². The molecule has 2 N–H and O–H groups in total. The van der Waals surface area contributed by atoms with Gasteiger partial charge in [-0.2, -0.15) is 0 Å². The standard InChI is InChI=1S/C11H22N2O/c1-8(2)12-11(14)13-9(3)10-6-4-5-7-10/h8-10H,4-7H2,1-3H3,(H2,12,13,14). The first-order chi connectivity index (χ1) is 6.59. The molecular weight excluding hydrogens is 176 g/mol. The molecule has 0 spiro atoms. The minimum atomic E-state index is -0.0283. The maximum absolute atomic E-state index is 11.4. The smallest absolute Gasteiger partial charge is 0.315 e. The molecule has 1 aliphatic rings. The molecule has 1 saturated carbocycles. The predicted molar refractivity (Wildman–Crippen MR) is 58.2 cm³/mol. The Kier molecular flexibility index (Phi) is 4.23. The summed E-state index contributed by atoms with van der Waals surface area (Å²) in [5.74, 6) is 0.688. The maximum Gasteiger partial charge on any atom is 0.315 e. The first-order valence-electron chi connectivity index (χ1n) is 5.66. The molecule has 1 fully saturated rings. The topological polar surface area (TPSA) is 41.1 Å². The highest BCUT2D eigenvalue weighted by Gasteiger charge is 2.22. The molecule has 0 aromatic rings. The molecule has 0 heterocycles. The van der Waals surface area contributed by atoms with E-state index in [-0.39, 0.29) is 12.1 Å². The van der Waals surface area contributed by atoms with Gasteiger partial charge in [-0.25, -0.2) is 4.79 Å². The van der Waals surface area contributed by atoms with Crippen molar-refractivity contribution in [2.75, 3.05) is 0 Å². The van der Waals surface area contributed by atoms with Crippen molar-refractivity contribution in [3.8, 4) is 0 Å². The zero-order chi connectivity index (χ0) is 10.6. The summed E-state index contributed by atoms with van der Waals surface area (Å²) in [6.07, 6.45) is 5.18. The van der Waals surface area contributed by atoms with Crippen molar-refractivity contribution in [1.82, 2.24) is 10.6 Å². The second-order valence-electron chi connectivity index (χ2n) is 4.61. The van der Waals surface area contributed by atoms with E-state index in [1.165, 1.54) is 25.7 Å². The zero-order valence-corrected chi connectivity index (χ0v) is 9.47. The lowest BCUT2D eigenvalue weighted by Crippen LogP contribution is -2.45. The third-order valence-corrected chi connectivity index (χ3v) is 2.89. The van der Waals surface area contributed by atoms with Gasteiger partial charge >= 0.3 is 6.03 Å². The maximum atomic E-state index is 11.4. The Labute approximate surface area is 86.6 Å². The summed E-state index contributed by atoms with van der Waals surface area (Å²) in [4.78, 5) is 11.4. The van der Waals surface area contributed by atoms with Crippen LogP contribution in [0, 0.1) is 5.92 Å². The summed E-state index contributed by atoms with van der Waals surface area (Å²) in [6.45, 7) is 6.05. The van der Waals surface area contributed by atoms with E-state index in [0.29, 0.717) is 12.0 Å². The molecule has 2 amide bonds. The van der Waals surface area contributed by atoms with Crippen molar-refractivity contribution in [3.05, 3.63) is 0 Å². The predicted octanol–water partition coefficient (Wildman–Crippen LogP) is 2.27. The van der Waals surface area contributed by atoms with Crippen LogP contribution in [0.4, 0.5) is 4.79 Å². The van der Waals surface area contributed by atoms with Gasteiger partial charge in [0, 0.05) is 12.1 Å². The molecule has 0 aliphatic heterocycles. The van der Waals surface area contributed by atoms with Gasteiger partial charge in [0.1, 0.15) is 0 Å². The molecule has 0 aromatic heterocycles. The summed E-state index contributed by atoms with van der Waals surface area (Å²) in [5.41, 5.74) is 0. The third-order valence-electron chi connectivity index (χ3n) is 2.89. The Balaban J connectivity index is 2.24. The molecule has 82 valence electrons. The molecule has 14 heavy (non-hydrogen) atoms. The lowest BCUT2D eigenvalue weighted by Gasteiger charge is -2.21. The summed E-state index contributed by atoms with van der Waals surface area (Å²) in [6, 6.07) is 0.501. The van der Waals surface area contributed by atoms with Crippen molar-refractivity contribution >= 4 is 6.03 Å². The van der Waals surface area contributed by atoms with E-state index in [4.69, 9.17) is 0 Å². The number of nitrogens with one attached hydrogen (secondary N) is 2. The number of hydrogen-bond acceptors (Lipinski definition) is 1. The van der Waals surface area contributed by atoms with E-state index in [9.17, 15) is 4.79 Å². The van der Waals surface area contributed by atoms with Gasteiger partial charge in [-0.15, -0.1) is 0 Å². The zero-order valence-electron chi connectivity index (χ0n) is 9.47. The van der Waals surface area contributed by atoms with E-state index in [1.807, 2.05) is 13.8 Å². The average molecular weight is 198 g/mol. The van der Waals surface area contributed by atoms with Crippen LogP contribution < -0.4 is 10.6 Å². The van der Waals surface area contributed by atoms with Gasteiger partial charge in [-0.3, -0.25) is 0 Å². The number of urea groups is 1. The van der Waals surface area contributed by atoms with Crippen LogP contribution in [-0.4, -0.2) is 18.1 Å². The van der Waals surface area contributed by atoms with E-state index in [2.05, 4.69) is 17.6 Å². The molecule has 0 bridgehead atoms. The molecular formula is C11H22N2O. The fourth-order valence-electron chi connectivity index (χ4n) is 2.09. The Morgan fingerprint density at radius 1 is 1.14 bits per heavy atom. The molecule has 0 aromatic carbocycles. The number of carbonyl (C=O) groups is 1. The van der Waals surface area contributed by atoms with Crippen molar-refractivity contribution in [2.45, 2.75) is 58.5 Å². The van der Waals surface area contributed by atoms with Crippen LogP contribution in [0.25, 0.3) is 0 Å². The monoisotopic (exact) mass is 198 g/mol. The molecule has 3 heteroatoms. The van der Waals surface area contributed by atoms with Crippen molar-refractivity contribution in [1.29, 1.82) is 0 Å². The third kappa shape index (κ3) is 3.56. The first-order valence-corrected chi connectivity index (χ1v) is 5.66. The van der Waals surface area contributed by atoms with E-state index >= 15 is 0 Å². The van der Waals surface area contributed by atoms with Crippen LogP contribution in [0.3, 0.4) is 0 Å². The Morgan fingerprint density at radius 2 is 1.71 bits per heavy atom. The largest absolute Gasteiger partial charge is 0.336 e. The highest BCUT2D eigenvalue weighted by Crippen LogP contribution is 2.27. The van der Waals surface area contributed by atoms with E-state index in [1.54, 1.807) is 0 Å². The second kappa shape index (κ2) is 5.23. The van der Waals surface area contributed by atoms with Crippen molar-refractivity contribution in [2.24, 2.45) is 5.92 Å². The highest BCUT2D eigenvalue weighted by atomic mass is 16.2. The molecule has 0 radical (unpaired) electrons. The van der Waals surface area contributed by atoms with Gasteiger partial charge in [0.2, 0.25) is 0 Å². The van der Waals surface area contributed by atoms with Crippen molar-refractivity contribution in [3.63, 3.8) is 0 Å². The lowest BCUT2D eigenvalue weighted by molar-refractivity contribution is 0.230. The number of carbonyl (C=O) groups excluding carboxylic acids is 1. The molecule has 1 atom stereocenters. The summed E-state index contributed by atoms with van der Waals surface area (Å²) < 4.78 is 0. The number of rotatable bonds is 3. The quantitative estimate of drug-likeness (QED) is 0.717. The van der Waals surface area contributed by atoms with Gasteiger partial charge in [-0.1, -0.05) is 12.8 Å². The Hall–Kier alpha value is -0.730. The van der Waals surface area contributed by atoms with Gasteiger partial charge in [-0.05, 0) is 39.5 Å². The lowest BCUT2D eigenvalue weighted by atomic mass is 10.0. The molecule has 1 aliphatic carbocycles. The minimum absolute atomic E-state index is 0.0283. The van der Waals surface area contributed by atoms with Crippen LogP contribution >= 0.6 is 0 Å². The summed E-state index contributed by atoms with van der Waals surface area (Å²) in [7, 11) is 0. The van der Waals surface area contributed by atoms with Gasteiger partial charge < -0.3 is 10.6 Å². The number of amides is 2. The second-order valence-corrected chi connectivity index (χ2v) is 4.61. The van der Waals surface area contributed by atoms with Crippen LogP contribution in [0.15, 0.2) is 0 Å². The van der Waals surface area contributed by atoms with Crippen LogP contribution in [0.1, 0.15) is 46.5 Å². The minimum Gasteiger partial charge on any atom is -0.336 e. The van der Waals surface area contributed by atoms with Gasteiger partial charge in [0.05, 0.1) is 0 Å². The number of hydrogen-bond donors (Lipinski definition) is 2. The van der Waals surface area contributed by atoms with E-state index in [0.717, 1.165) is 0 Å². The molecule has 0 saturated heterocycles. The summed E-state index contributed by atoms with van der Waals surface area (Å²) >= 11 is 0. The molecule has 1 rings (SSSR count). The average Bonchev–Trinajstić information content (AvgIpc) is 2.53. The molecule has 3 nitrogen and oxygen atoms in total. The Bertz CT molecular complexity index is 186. The first kappa shape index (κ1) is 11.3. The Morgan fingerprint density at radius 3 is 2.21 bits per heavy atom. The summed E-state index contributed by atoms with van der Waals surface area (Å²) in [5, 5.41) is 5.85. The van der Waals surface area contributed by atoms with Crippen LogP contribution in [0.5, 0.6) is 0 Å². The fourth-order valence-corrected chi connectivity index (χ4v) is 2.09. The van der Waals surface area contributed by atoms with Gasteiger partial charge in [0.15, 0.2) is 0 Å².